The molecule has 2 rings (SSSR count). The van der Waals surface area contributed by atoms with Crippen molar-refractivity contribution in [2.24, 2.45) is 0 Å². The van der Waals surface area contributed by atoms with Crippen molar-refractivity contribution in [2.75, 3.05) is 5.75 Å². The molecule has 2 aromatic rings. The van der Waals surface area contributed by atoms with E-state index in [0.29, 0.717) is 10.8 Å². The molecule has 18 heavy (non-hydrogen) atoms. The lowest BCUT2D eigenvalue weighted by Gasteiger charge is -2.02. The van der Waals surface area contributed by atoms with Gasteiger partial charge in [0.15, 0.2) is 5.78 Å². The summed E-state index contributed by atoms with van der Waals surface area (Å²) in [6, 6.07) is 11.2. The predicted molar refractivity (Wildman–Crippen MR) is 75.5 cm³/mol. The summed E-state index contributed by atoms with van der Waals surface area (Å²) in [6.07, 6.45) is 1.58. The van der Waals surface area contributed by atoms with Crippen molar-refractivity contribution < 1.29 is 4.79 Å². The number of benzene rings is 1. The fraction of sp³-hybridized carbons (Fsp3) is 0.143. The van der Waals surface area contributed by atoms with Crippen LogP contribution in [0.5, 0.6) is 0 Å². The number of pyridine rings is 1. The van der Waals surface area contributed by atoms with Gasteiger partial charge in [0.2, 0.25) is 0 Å². The number of aryl methyl sites for hydroxylation is 1. The molecule has 1 aromatic carbocycles. The zero-order chi connectivity index (χ0) is 13.0. The van der Waals surface area contributed by atoms with E-state index in [1.54, 1.807) is 12.3 Å². The van der Waals surface area contributed by atoms with E-state index in [2.05, 4.69) is 4.98 Å². The Labute approximate surface area is 115 Å². The van der Waals surface area contributed by atoms with Gasteiger partial charge < -0.3 is 0 Å². The molecule has 0 fully saturated rings. The molecular formula is C14H12ClNOS. The number of hydrogen-bond donors (Lipinski definition) is 0. The van der Waals surface area contributed by atoms with Gasteiger partial charge in [-0.2, -0.15) is 0 Å². The van der Waals surface area contributed by atoms with E-state index in [4.69, 9.17) is 11.6 Å². The second kappa shape index (κ2) is 6.03. The molecule has 4 heteroatoms. The van der Waals surface area contributed by atoms with Crippen molar-refractivity contribution >= 4 is 29.1 Å². The van der Waals surface area contributed by atoms with Crippen molar-refractivity contribution in [1.29, 1.82) is 0 Å². The number of rotatable bonds is 4. The molecule has 1 aromatic heterocycles. The first-order valence-electron chi connectivity index (χ1n) is 5.49. The monoisotopic (exact) mass is 277 g/mol. The summed E-state index contributed by atoms with van der Waals surface area (Å²) in [5, 5.41) is 1.41. The Hall–Kier alpha value is -1.32. The van der Waals surface area contributed by atoms with Crippen LogP contribution in [0, 0.1) is 6.92 Å². The van der Waals surface area contributed by atoms with Gasteiger partial charge in [0.1, 0.15) is 0 Å². The van der Waals surface area contributed by atoms with Crippen LogP contribution in [-0.2, 0) is 0 Å². The average Bonchev–Trinajstić information content (AvgIpc) is 2.38. The van der Waals surface area contributed by atoms with Crippen molar-refractivity contribution in [2.45, 2.75) is 11.9 Å². The van der Waals surface area contributed by atoms with Gasteiger partial charge in [0.05, 0.1) is 15.8 Å². The standard InChI is InChI=1S/C14H12ClNOS/c1-10-3-2-4-11(7-10)13(17)9-18-14-6-5-12(15)8-16-14/h2-8H,9H2,1H3. The summed E-state index contributed by atoms with van der Waals surface area (Å²) in [7, 11) is 0. The molecule has 92 valence electrons. The van der Waals surface area contributed by atoms with Gasteiger partial charge in [0, 0.05) is 11.8 Å². The molecule has 0 bridgehead atoms. The molecule has 0 radical (unpaired) electrons. The third-order valence-electron chi connectivity index (χ3n) is 2.39. The molecular weight excluding hydrogens is 266 g/mol. The van der Waals surface area contributed by atoms with E-state index in [-0.39, 0.29) is 5.78 Å². The maximum atomic E-state index is 12.0. The molecule has 0 unspecified atom stereocenters. The Morgan fingerprint density at radius 1 is 1.33 bits per heavy atom. The van der Waals surface area contributed by atoms with Crippen LogP contribution in [0.25, 0.3) is 0 Å². The van der Waals surface area contributed by atoms with Crippen LogP contribution < -0.4 is 0 Å². The topological polar surface area (TPSA) is 30.0 Å². The Balaban J connectivity index is 1.98. The molecule has 1 heterocycles. The predicted octanol–water partition coefficient (Wildman–Crippen LogP) is 4.02. The van der Waals surface area contributed by atoms with Crippen LogP contribution in [0.2, 0.25) is 5.02 Å². The quantitative estimate of drug-likeness (QED) is 0.624. The summed E-state index contributed by atoms with van der Waals surface area (Å²) in [5.41, 5.74) is 1.84. The number of ketones is 1. The first-order valence-corrected chi connectivity index (χ1v) is 6.86. The fourth-order valence-electron chi connectivity index (χ4n) is 1.49. The summed E-state index contributed by atoms with van der Waals surface area (Å²) >= 11 is 7.17. The van der Waals surface area contributed by atoms with Crippen LogP contribution in [0.4, 0.5) is 0 Å². The number of aromatic nitrogens is 1. The highest BCUT2D eigenvalue weighted by Crippen LogP contribution is 2.18. The molecule has 0 spiro atoms. The van der Waals surface area contributed by atoms with E-state index < -0.39 is 0 Å². The van der Waals surface area contributed by atoms with Crippen molar-refractivity contribution in [1.82, 2.24) is 4.98 Å². The molecule has 0 aliphatic heterocycles. The Kier molecular flexibility index (Phi) is 4.39. The van der Waals surface area contributed by atoms with Gasteiger partial charge in [-0.1, -0.05) is 47.1 Å². The Morgan fingerprint density at radius 2 is 2.17 bits per heavy atom. The van der Waals surface area contributed by atoms with Crippen LogP contribution in [-0.4, -0.2) is 16.5 Å². The van der Waals surface area contributed by atoms with E-state index in [0.717, 1.165) is 16.2 Å². The number of thioether (sulfide) groups is 1. The van der Waals surface area contributed by atoms with Crippen LogP contribution in [0.15, 0.2) is 47.6 Å². The number of halogens is 1. The second-order valence-corrected chi connectivity index (χ2v) is 5.33. The third-order valence-corrected chi connectivity index (χ3v) is 3.56. The molecule has 0 aliphatic rings. The van der Waals surface area contributed by atoms with Crippen molar-refractivity contribution in [3.05, 3.63) is 58.7 Å². The first kappa shape index (κ1) is 13.1. The largest absolute Gasteiger partial charge is 0.293 e. The van der Waals surface area contributed by atoms with Crippen LogP contribution in [0.1, 0.15) is 15.9 Å². The number of Topliss-reactive ketones (excluding diaryl/α,β-unsaturated/α-hetero) is 1. The number of nitrogens with zero attached hydrogens (tertiary/aromatic N) is 1. The van der Waals surface area contributed by atoms with Gasteiger partial charge in [-0.25, -0.2) is 4.98 Å². The molecule has 0 saturated carbocycles. The maximum absolute atomic E-state index is 12.0. The lowest BCUT2D eigenvalue weighted by Crippen LogP contribution is -2.02. The SMILES string of the molecule is Cc1cccc(C(=O)CSc2ccc(Cl)cn2)c1. The van der Waals surface area contributed by atoms with E-state index in [1.807, 2.05) is 37.3 Å². The zero-order valence-corrected chi connectivity index (χ0v) is 11.5. The Morgan fingerprint density at radius 3 is 2.83 bits per heavy atom. The lowest BCUT2D eigenvalue weighted by molar-refractivity contribution is 0.102. The van der Waals surface area contributed by atoms with Gasteiger partial charge >= 0.3 is 0 Å². The highest BCUT2D eigenvalue weighted by Gasteiger charge is 2.07. The fourth-order valence-corrected chi connectivity index (χ4v) is 2.34. The normalized spacial score (nSPS) is 10.3. The van der Waals surface area contributed by atoms with Gasteiger partial charge in [-0.15, -0.1) is 0 Å². The summed E-state index contributed by atoms with van der Waals surface area (Å²) in [4.78, 5) is 16.1. The van der Waals surface area contributed by atoms with Gasteiger partial charge in [0.25, 0.3) is 0 Å². The minimum Gasteiger partial charge on any atom is -0.293 e. The Bertz CT molecular complexity index is 554. The molecule has 0 amide bonds. The smallest absolute Gasteiger partial charge is 0.173 e. The maximum Gasteiger partial charge on any atom is 0.173 e. The molecule has 0 saturated heterocycles. The summed E-state index contributed by atoms with van der Waals surface area (Å²) in [6.45, 7) is 1.98. The summed E-state index contributed by atoms with van der Waals surface area (Å²) < 4.78 is 0. The third kappa shape index (κ3) is 3.59. The van der Waals surface area contributed by atoms with E-state index in [9.17, 15) is 4.79 Å². The highest BCUT2D eigenvalue weighted by atomic mass is 35.5. The van der Waals surface area contributed by atoms with E-state index >= 15 is 0 Å². The number of carbonyl (C=O) groups excluding carboxylic acids is 1. The van der Waals surface area contributed by atoms with E-state index in [1.165, 1.54) is 11.8 Å². The van der Waals surface area contributed by atoms with Crippen LogP contribution >= 0.6 is 23.4 Å². The minimum absolute atomic E-state index is 0.112. The van der Waals surface area contributed by atoms with Crippen LogP contribution in [0.3, 0.4) is 0 Å². The first-order chi connectivity index (χ1) is 8.65. The summed E-state index contributed by atoms with van der Waals surface area (Å²) in [5.74, 6) is 0.499. The zero-order valence-electron chi connectivity index (χ0n) is 9.89. The highest BCUT2D eigenvalue weighted by molar-refractivity contribution is 7.99. The second-order valence-electron chi connectivity index (χ2n) is 3.90. The average molecular weight is 278 g/mol. The molecule has 2 nitrogen and oxygen atoms in total. The molecule has 0 atom stereocenters. The van der Waals surface area contributed by atoms with Gasteiger partial charge in [-0.3, -0.25) is 4.79 Å². The van der Waals surface area contributed by atoms with Crippen molar-refractivity contribution in [3.8, 4) is 0 Å². The van der Waals surface area contributed by atoms with Crippen molar-refractivity contribution in [3.63, 3.8) is 0 Å². The van der Waals surface area contributed by atoms with Gasteiger partial charge in [-0.05, 0) is 25.1 Å². The molecule has 0 aliphatic carbocycles. The minimum atomic E-state index is 0.112. The number of hydrogen-bond acceptors (Lipinski definition) is 3. The molecule has 0 N–H and O–H groups in total. The number of carbonyl (C=O) groups is 1. The lowest BCUT2D eigenvalue weighted by atomic mass is 10.1.